The van der Waals surface area contributed by atoms with E-state index in [0.717, 1.165) is 50.6 Å². The molecule has 1 aliphatic rings. The van der Waals surface area contributed by atoms with E-state index >= 15 is 0 Å². The maximum atomic E-state index is 11.9. The molecule has 0 fully saturated rings. The summed E-state index contributed by atoms with van der Waals surface area (Å²) >= 11 is 0. The highest BCUT2D eigenvalue weighted by molar-refractivity contribution is 5.94. The quantitative estimate of drug-likeness (QED) is 0.218. The van der Waals surface area contributed by atoms with E-state index in [1.54, 1.807) is 21.0 Å². The number of ether oxygens (including phenoxy) is 2. The molecule has 0 heterocycles. The van der Waals surface area contributed by atoms with Crippen molar-refractivity contribution in [1.82, 2.24) is 5.48 Å². The average Bonchev–Trinajstić information content (AvgIpc) is 3.05. The van der Waals surface area contributed by atoms with E-state index in [9.17, 15) is 9.59 Å². The van der Waals surface area contributed by atoms with E-state index in [4.69, 9.17) is 14.3 Å². The number of nitrogens with one attached hydrogen (secondary N) is 1. The Balaban J connectivity index is 2.20. The van der Waals surface area contributed by atoms with Gasteiger partial charge in [-0.2, -0.15) is 0 Å². The van der Waals surface area contributed by atoms with Crippen molar-refractivity contribution in [2.24, 2.45) is 5.92 Å². The van der Waals surface area contributed by atoms with Crippen molar-refractivity contribution in [2.45, 2.75) is 65.2 Å². The van der Waals surface area contributed by atoms with Crippen LogP contribution in [0.4, 0.5) is 0 Å². The van der Waals surface area contributed by atoms with Gasteiger partial charge >= 0.3 is 11.9 Å². The van der Waals surface area contributed by atoms with Crippen LogP contribution >= 0.6 is 0 Å². The second kappa shape index (κ2) is 13.4. The summed E-state index contributed by atoms with van der Waals surface area (Å²) in [4.78, 5) is 28.8. The lowest BCUT2D eigenvalue weighted by Crippen LogP contribution is -2.28. The number of carbonyl (C=O) groups is 2. The first-order valence-electron chi connectivity index (χ1n) is 9.65. The molecule has 1 N–H and O–H groups in total. The number of hydrogen-bond acceptors (Lipinski definition) is 6. The van der Waals surface area contributed by atoms with E-state index in [2.05, 4.69) is 17.6 Å². The minimum Gasteiger partial charge on any atom is -0.465 e. The molecule has 0 saturated heterocycles. The van der Waals surface area contributed by atoms with Crippen LogP contribution in [0.2, 0.25) is 0 Å². The standard InChI is InChI=1S/C20H33NO5/c1-4-25-19(22)17(20(23)26-5-2)14-10-8-6-7-9-12-16-13-11-15-18(16)21-24-3/h13,15,17,21H,4-12,14H2,1-3H3. The zero-order valence-electron chi connectivity index (χ0n) is 16.3. The highest BCUT2D eigenvalue weighted by Crippen LogP contribution is 2.23. The van der Waals surface area contributed by atoms with Crippen LogP contribution < -0.4 is 5.48 Å². The van der Waals surface area contributed by atoms with Gasteiger partial charge in [-0.1, -0.05) is 37.8 Å². The van der Waals surface area contributed by atoms with Crippen molar-refractivity contribution in [3.8, 4) is 0 Å². The van der Waals surface area contributed by atoms with Crippen LogP contribution in [0.15, 0.2) is 23.4 Å². The molecular weight excluding hydrogens is 334 g/mol. The molecule has 0 spiro atoms. The van der Waals surface area contributed by atoms with E-state index in [1.165, 1.54) is 5.57 Å². The van der Waals surface area contributed by atoms with E-state index in [0.29, 0.717) is 6.42 Å². The minimum atomic E-state index is -0.786. The largest absolute Gasteiger partial charge is 0.465 e. The van der Waals surface area contributed by atoms with Crippen LogP contribution in [-0.4, -0.2) is 32.3 Å². The Bertz CT molecular complexity index is 480. The summed E-state index contributed by atoms with van der Waals surface area (Å²) in [5, 5.41) is 0. The Kier molecular flexibility index (Phi) is 11.4. The molecule has 0 saturated carbocycles. The Morgan fingerprint density at radius 2 is 1.62 bits per heavy atom. The van der Waals surface area contributed by atoms with Gasteiger partial charge in [0.15, 0.2) is 5.92 Å². The third-order valence-corrected chi connectivity index (χ3v) is 4.33. The van der Waals surface area contributed by atoms with E-state index in [-0.39, 0.29) is 13.2 Å². The molecule has 148 valence electrons. The molecule has 0 aromatic rings. The molecule has 6 heteroatoms. The summed E-state index contributed by atoms with van der Waals surface area (Å²) in [6, 6.07) is 0. The molecule has 1 rings (SSSR count). The number of hydrogen-bond donors (Lipinski definition) is 1. The molecular formula is C20H33NO5. The predicted octanol–water partition coefficient (Wildman–Crippen LogP) is 3.82. The molecule has 0 atom stereocenters. The number of rotatable bonds is 14. The molecule has 0 radical (unpaired) electrons. The normalized spacial score (nSPS) is 13.4. The van der Waals surface area contributed by atoms with Gasteiger partial charge in [-0.05, 0) is 45.1 Å². The lowest BCUT2D eigenvalue weighted by Gasteiger charge is -2.14. The van der Waals surface area contributed by atoms with Crippen molar-refractivity contribution in [1.29, 1.82) is 0 Å². The van der Waals surface area contributed by atoms with Gasteiger partial charge in [0.05, 0.1) is 26.0 Å². The summed E-state index contributed by atoms with van der Waals surface area (Å²) in [5.74, 6) is -1.72. The zero-order valence-corrected chi connectivity index (χ0v) is 16.3. The number of allylic oxidation sites excluding steroid dienone is 3. The molecule has 0 amide bonds. The molecule has 0 bridgehead atoms. The van der Waals surface area contributed by atoms with Crippen LogP contribution in [0, 0.1) is 5.92 Å². The number of unbranched alkanes of at least 4 members (excludes halogenated alkanes) is 4. The fraction of sp³-hybridized carbons (Fsp3) is 0.700. The third-order valence-electron chi connectivity index (χ3n) is 4.33. The molecule has 26 heavy (non-hydrogen) atoms. The van der Waals surface area contributed by atoms with Crippen molar-refractivity contribution in [3.63, 3.8) is 0 Å². The molecule has 0 aromatic heterocycles. The van der Waals surface area contributed by atoms with Crippen LogP contribution in [0.1, 0.15) is 65.2 Å². The lowest BCUT2D eigenvalue weighted by molar-refractivity contribution is -0.161. The van der Waals surface area contributed by atoms with Crippen LogP contribution in [0.25, 0.3) is 0 Å². The van der Waals surface area contributed by atoms with Gasteiger partial charge in [0.25, 0.3) is 0 Å². The highest BCUT2D eigenvalue weighted by Gasteiger charge is 2.28. The van der Waals surface area contributed by atoms with Crippen LogP contribution in [-0.2, 0) is 23.9 Å². The number of esters is 2. The number of hydroxylamine groups is 1. The SMILES string of the molecule is CCOC(=O)C(CCCCCCCC1=CCC=C1NOC)C(=O)OCC. The Morgan fingerprint density at radius 3 is 2.23 bits per heavy atom. The average molecular weight is 367 g/mol. The first-order valence-corrected chi connectivity index (χ1v) is 9.65. The van der Waals surface area contributed by atoms with Gasteiger partial charge in [0.2, 0.25) is 0 Å². The van der Waals surface area contributed by atoms with Gasteiger partial charge in [-0.3, -0.25) is 19.9 Å². The van der Waals surface area contributed by atoms with Gasteiger partial charge in [-0.15, -0.1) is 0 Å². The topological polar surface area (TPSA) is 73.9 Å². The van der Waals surface area contributed by atoms with Crippen LogP contribution in [0.5, 0.6) is 0 Å². The molecule has 0 aliphatic heterocycles. The first-order chi connectivity index (χ1) is 12.6. The van der Waals surface area contributed by atoms with Gasteiger partial charge < -0.3 is 9.47 Å². The monoisotopic (exact) mass is 367 g/mol. The van der Waals surface area contributed by atoms with Gasteiger partial charge in [0.1, 0.15) is 0 Å². The molecule has 0 aromatic carbocycles. The smallest absolute Gasteiger partial charge is 0.320 e. The van der Waals surface area contributed by atoms with Crippen molar-refractivity contribution in [3.05, 3.63) is 23.4 Å². The van der Waals surface area contributed by atoms with Crippen molar-refractivity contribution in [2.75, 3.05) is 20.3 Å². The van der Waals surface area contributed by atoms with E-state index < -0.39 is 17.9 Å². The summed E-state index contributed by atoms with van der Waals surface area (Å²) in [6.07, 6.45) is 12.0. The Morgan fingerprint density at radius 1 is 1.00 bits per heavy atom. The first kappa shape index (κ1) is 22.2. The Hall–Kier alpha value is -1.82. The van der Waals surface area contributed by atoms with E-state index in [1.807, 2.05) is 0 Å². The fourth-order valence-corrected chi connectivity index (χ4v) is 3.03. The van der Waals surface area contributed by atoms with Crippen molar-refractivity contribution >= 4 is 11.9 Å². The molecule has 6 nitrogen and oxygen atoms in total. The molecule has 1 aliphatic carbocycles. The fourth-order valence-electron chi connectivity index (χ4n) is 3.03. The summed E-state index contributed by atoms with van der Waals surface area (Å²) < 4.78 is 9.97. The van der Waals surface area contributed by atoms with Crippen molar-refractivity contribution < 1.29 is 23.9 Å². The Labute approximate surface area is 156 Å². The summed E-state index contributed by atoms with van der Waals surface area (Å²) in [5.41, 5.74) is 5.31. The number of carbonyl (C=O) groups excluding carboxylic acids is 2. The zero-order chi connectivity index (χ0) is 19.2. The second-order valence-electron chi connectivity index (χ2n) is 6.25. The summed E-state index contributed by atoms with van der Waals surface area (Å²) in [6.45, 7) is 4.03. The summed E-state index contributed by atoms with van der Waals surface area (Å²) in [7, 11) is 1.62. The van der Waals surface area contributed by atoms with Gasteiger partial charge in [0, 0.05) is 0 Å². The van der Waals surface area contributed by atoms with Crippen LogP contribution in [0.3, 0.4) is 0 Å². The lowest BCUT2D eigenvalue weighted by atomic mass is 9.99. The highest BCUT2D eigenvalue weighted by atomic mass is 16.6. The molecule has 0 unspecified atom stereocenters. The van der Waals surface area contributed by atoms with Gasteiger partial charge in [-0.25, -0.2) is 0 Å². The maximum Gasteiger partial charge on any atom is 0.320 e. The maximum absolute atomic E-state index is 11.9. The minimum absolute atomic E-state index is 0.277. The third kappa shape index (κ3) is 8.04. The second-order valence-corrected chi connectivity index (χ2v) is 6.25. The predicted molar refractivity (Wildman–Crippen MR) is 100 cm³/mol.